The SMILES string of the molecule is Cc1nnc2n1-c1sc3c(c1[C@H](c1ccccc1Cl)NC2)C[C@H](C(=O)NC(C)(C)CO)C3. The predicted molar refractivity (Wildman–Crippen MR) is 124 cm³/mol. The molecule has 0 bridgehead atoms. The van der Waals surface area contributed by atoms with Crippen LogP contribution in [0.5, 0.6) is 0 Å². The first kappa shape index (κ1) is 21.6. The fourth-order valence-corrected chi connectivity index (χ4v) is 6.38. The number of aryl methyl sites for hydroxylation is 1. The van der Waals surface area contributed by atoms with Gasteiger partial charge in [-0.15, -0.1) is 21.5 Å². The van der Waals surface area contributed by atoms with Gasteiger partial charge < -0.3 is 10.4 Å². The highest BCUT2D eigenvalue weighted by atomic mass is 35.5. The van der Waals surface area contributed by atoms with E-state index >= 15 is 0 Å². The molecule has 168 valence electrons. The van der Waals surface area contributed by atoms with Crippen molar-refractivity contribution in [2.75, 3.05) is 6.61 Å². The maximum absolute atomic E-state index is 13.0. The molecule has 1 aliphatic carbocycles. The van der Waals surface area contributed by atoms with E-state index in [4.69, 9.17) is 11.6 Å². The van der Waals surface area contributed by atoms with E-state index in [1.807, 2.05) is 39.0 Å². The molecule has 1 aromatic carbocycles. The number of hydrogen-bond acceptors (Lipinski definition) is 6. The number of nitrogens with one attached hydrogen (secondary N) is 2. The largest absolute Gasteiger partial charge is 0.394 e. The van der Waals surface area contributed by atoms with Gasteiger partial charge in [0.2, 0.25) is 5.91 Å². The Morgan fingerprint density at radius 1 is 1.34 bits per heavy atom. The second-order valence-electron chi connectivity index (χ2n) is 9.19. The van der Waals surface area contributed by atoms with E-state index < -0.39 is 5.54 Å². The van der Waals surface area contributed by atoms with Gasteiger partial charge >= 0.3 is 0 Å². The van der Waals surface area contributed by atoms with Crippen LogP contribution in [0.15, 0.2) is 24.3 Å². The van der Waals surface area contributed by atoms with Gasteiger partial charge in [0.1, 0.15) is 10.8 Å². The second-order valence-corrected chi connectivity index (χ2v) is 10.7. The molecule has 2 atom stereocenters. The normalized spacial score (nSPS) is 19.8. The molecule has 0 radical (unpaired) electrons. The van der Waals surface area contributed by atoms with Crippen molar-refractivity contribution in [2.45, 2.75) is 51.7 Å². The molecule has 0 saturated heterocycles. The van der Waals surface area contributed by atoms with Crippen LogP contribution in [0.3, 0.4) is 0 Å². The van der Waals surface area contributed by atoms with E-state index in [-0.39, 0.29) is 24.5 Å². The number of aromatic nitrogens is 3. The molecule has 2 aliphatic rings. The summed E-state index contributed by atoms with van der Waals surface area (Å²) in [5.74, 6) is 1.56. The highest BCUT2D eigenvalue weighted by Gasteiger charge is 2.39. The van der Waals surface area contributed by atoms with Crippen LogP contribution in [0.1, 0.15) is 53.1 Å². The lowest BCUT2D eigenvalue weighted by atomic mass is 9.94. The van der Waals surface area contributed by atoms with Crippen molar-refractivity contribution >= 4 is 28.8 Å². The van der Waals surface area contributed by atoms with Gasteiger partial charge in [-0.05, 0) is 50.8 Å². The average Bonchev–Trinajstić information content (AvgIpc) is 3.39. The Kier molecular flexibility index (Phi) is 5.36. The Labute approximate surface area is 195 Å². The number of hydrogen-bond donors (Lipinski definition) is 3. The zero-order chi connectivity index (χ0) is 22.6. The molecule has 5 rings (SSSR count). The molecule has 0 spiro atoms. The van der Waals surface area contributed by atoms with Crippen molar-refractivity contribution in [1.29, 1.82) is 0 Å². The number of aliphatic hydroxyl groups excluding tert-OH is 1. The topological polar surface area (TPSA) is 92.1 Å². The summed E-state index contributed by atoms with van der Waals surface area (Å²) in [6.07, 6.45) is 1.35. The maximum Gasteiger partial charge on any atom is 0.224 e. The quantitative estimate of drug-likeness (QED) is 0.544. The summed E-state index contributed by atoms with van der Waals surface area (Å²) in [7, 11) is 0. The molecule has 0 saturated carbocycles. The Morgan fingerprint density at radius 3 is 2.88 bits per heavy atom. The molecule has 1 amide bonds. The Bertz CT molecular complexity index is 1200. The summed E-state index contributed by atoms with van der Waals surface area (Å²) >= 11 is 8.34. The number of benzene rings is 1. The minimum atomic E-state index is -0.639. The van der Waals surface area contributed by atoms with Gasteiger partial charge in [-0.1, -0.05) is 29.8 Å². The first-order valence-electron chi connectivity index (χ1n) is 10.8. The van der Waals surface area contributed by atoms with Crippen molar-refractivity contribution < 1.29 is 9.90 Å². The van der Waals surface area contributed by atoms with Crippen LogP contribution < -0.4 is 10.6 Å². The first-order valence-corrected chi connectivity index (χ1v) is 11.9. The molecule has 3 aromatic rings. The minimum Gasteiger partial charge on any atom is -0.394 e. The van der Waals surface area contributed by atoms with E-state index in [9.17, 15) is 9.90 Å². The van der Waals surface area contributed by atoms with Crippen molar-refractivity contribution in [3.63, 3.8) is 0 Å². The summed E-state index contributed by atoms with van der Waals surface area (Å²) < 4.78 is 2.13. The van der Waals surface area contributed by atoms with Crippen LogP contribution in [0.4, 0.5) is 0 Å². The molecule has 1 aliphatic heterocycles. The van der Waals surface area contributed by atoms with Crippen molar-refractivity contribution in [2.24, 2.45) is 5.92 Å². The zero-order valence-corrected chi connectivity index (χ0v) is 19.8. The van der Waals surface area contributed by atoms with E-state index in [0.717, 1.165) is 27.8 Å². The van der Waals surface area contributed by atoms with Crippen molar-refractivity contribution in [1.82, 2.24) is 25.4 Å². The zero-order valence-electron chi connectivity index (χ0n) is 18.3. The fraction of sp³-hybridized carbons (Fsp3) is 0.435. The molecule has 32 heavy (non-hydrogen) atoms. The van der Waals surface area contributed by atoms with Crippen LogP contribution >= 0.6 is 22.9 Å². The molecular weight excluding hydrogens is 446 g/mol. The number of aliphatic hydroxyl groups is 1. The van der Waals surface area contributed by atoms with Gasteiger partial charge in [0, 0.05) is 21.4 Å². The number of thiophene rings is 1. The number of amides is 1. The number of nitrogens with zero attached hydrogens (tertiary/aromatic N) is 3. The van der Waals surface area contributed by atoms with Crippen LogP contribution in [0, 0.1) is 12.8 Å². The lowest BCUT2D eigenvalue weighted by Crippen LogP contribution is -2.48. The smallest absolute Gasteiger partial charge is 0.224 e. The maximum atomic E-state index is 13.0. The van der Waals surface area contributed by atoms with Crippen molar-refractivity contribution in [3.05, 3.63) is 62.5 Å². The van der Waals surface area contributed by atoms with Gasteiger partial charge in [0.15, 0.2) is 5.82 Å². The lowest BCUT2D eigenvalue weighted by molar-refractivity contribution is -0.126. The average molecular weight is 472 g/mol. The van der Waals surface area contributed by atoms with Crippen LogP contribution in [0.25, 0.3) is 5.00 Å². The minimum absolute atomic E-state index is 0.0155. The van der Waals surface area contributed by atoms with E-state index in [0.29, 0.717) is 24.4 Å². The molecule has 7 nitrogen and oxygen atoms in total. The Balaban J connectivity index is 1.58. The summed E-state index contributed by atoms with van der Waals surface area (Å²) in [6.45, 7) is 6.09. The highest BCUT2D eigenvalue weighted by molar-refractivity contribution is 7.15. The van der Waals surface area contributed by atoms with Crippen LogP contribution in [-0.2, 0) is 24.2 Å². The third kappa shape index (κ3) is 3.55. The summed E-state index contributed by atoms with van der Waals surface area (Å²) in [6, 6.07) is 7.79. The van der Waals surface area contributed by atoms with Gasteiger partial charge in [0.25, 0.3) is 0 Å². The third-order valence-electron chi connectivity index (χ3n) is 6.29. The first-order chi connectivity index (χ1) is 15.3. The molecule has 0 fully saturated rings. The molecule has 0 unspecified atom stereocenters. The number of halogens is 1. The van der Waals surface area contributed by atoms with E-state index in [1.165, 1.54) is 10.4 Å². The summed E-state index contributed by atoms with van der Waals surface area (Å²) in [5.41, 5.74) is 2.75. The monoisotopic (exact) mass is 471 g/mol. The third-order valence-corrected chi connectivity index (χ3v) is 7.89. The Morgan fingerprint density at radius 2 is 2.12 bits per heavy atom. The highest BCUT2D eigenvalue weighted by Crippen LogP contribution is 2.46. The molecular formula is C23H26ClN5O2S. The fourth-order valence-electron chi connectivity index (χ4n) is 4.62. The predicted octanol–water partition coefficient (Wildman–Crippen LogP) is 3.09. The molecule has 3 heterocycles. The van der Waals surface area contributed by atoms with Gasteiger partial charge in [0.05, 0.1) is 24.7 Å². The van der Waals surface area contributed by atoms with Gasteiger partial charge in [-0.25, -0.2) is 0 Å². The standard InChI is InChI=1S/C23H26ClN5O2S/c1-12-27-28-18-10-25-20(14-6-4-5-7-16(14)24)19-15-8-13(21(31)26-23(2,3)11-30)9-17(15)32-22(19)29(12)18/h4-7,13,20,25,30H,8-11H2,1-3H3,(H,26,31)/t13-,20-/m0/s1. The number of carbonyl (C=O) groups excluding carboxylic acids is 1. The Hall–Kier alpha value is -2.26. The molecule has 3 N–H and O–H groups in total. The van der Waals surface area contributed by atoms with Crippen molar-refractivity contribution in [3.8, 4) is 5.00 Å². The van der Waals surface area contributed by atoms with Gasteiger partial charge in [-0.2, -0.15) is 0 Å². The number of fused-ring (bicyclic) bond motifs is 5. The molecule has 9 heteroatoms. The van der Waals surface area contributed by atoms with E-state index in [2.05, 4.69) is 31.5 Å². The van der Waals surface area contributed by atoms with Crippen LogP contribution in [-0.4, -0.2) is 37.9 Å². The summed E-state index contributed by atoms with van der Waals surface area (Å²) in [4.78, 5) is 14.2. The van der Waals surface area contributed by atoms with E-state index in [1.54, 1.807) is 11.3 Å². The number of rotatable bonds is 4. The van der Waals surface area contributed by atoms with Crippen LogP contribution in [0.2, 0.25) is 5.02 Å². The molecule has 2 aromatic heterocycles. The number of carbonyl (C=O) groups is 1. The summed E-state index contributed by atoms with van der Waals surface area (Å²) in [5, 5.41) is 26.7. The lowest BCUT2D eigenvalue weighted by Gasteiger charge is -2.25. The second kappa shape index (κ2) is 7.95. The van der Waals surface area contributed by atoms with Gasteiger partial charge in [-0.3, -0.25) is 14.7 Å².